The minimum absolute atomic E-state index is 0.189. The Labute approximate surface area is 143 Å². The second-order valence-corrected chi connectivity index (χ2v) is 7.26. The number of nitrogens with zero attached hydrogens (tertiary/aromatic N) is 3. The molecule has 0 spiro atoms. The zero-order valence-corrected chi connectivity index (χ0v) is 14.6. The van der Waals surface area contributed by atoms with Crippen molar-refractivity contribution in [1.29, 1.82) is 0 Å². The van der Waals surface area contributed by atoms with Crippen LogP contribution in [-0.4, -0.2) is 31.4 Å². The van der Waals surface area contributed by atoms with Gasteiger partial charge in [0.2, 0.25) is 0 Å². The van der Waals surface area contributed by atoms with Gasteiger partial charge >= 0.3 is 0 Å². The van der Waals surface area contributed by atoms with Crippen LogP contribution < -0.4 is 0 Å². The lowest BCUT2D eigenvalue weighted by Gasteiger charge is -2.27. The van der Waals surface area contributed by atoms with E-state index in [0.717, 1.165) is 47.6 Å². The second-order valence-electron chi connectivity index (χ2n) is 5.90. The van der Waals surface area contributed by atoms with Gasteiger partial charge in [0.1, 0.15) is 5.82 Å². The molecule has 0 unspecified atom stereocenters. The summed E-state index contributed by atoms with van der Waals surface area (Å²) in [6.45, 7) is 3.87. The number of hydrogen-bond acceptors (Lipinski definition) is 3. The molecule has 1 N–H and O–H groups in total. The van der Waals surface area contributed by atoms with Crippen molar-refractivity contribution in [1.82, 2.24) is 13.1 Å². The van der Waals surface area contributed by atoms with Gasteiger partial charge in [-0.3, -0.25) is 0 Å². The van der Waals surface area contributed by atoms with Gasteiger partial charge in [-0.1, -0.05) is 12.1 Å². The quantitative estimate of drug-likeness (QED) is 0.473. The molecule has 2 heterocycles. The first kappa shape index (κ1) is 15.7. The Hall–Kier alpha value is -1.15. The molecule has 1 aromatic carbocycles. The number of piperidine rings is 1. The summed E-state index contributed by atoms with van der Waals surface area (Å²) in [7, 11) is 0. The highest BCUT2D eigenvalue weighted by Crippen LogP contribution is 2.32. The number of aryl methyl sites for hydroxylation is 1. The predicted molar refractivity (Wildman–Crippen MR) is 90.9 cm³/mol. The van der Waals surface area contributed by atoms with Gasteiger partial charge < -0.3 is 5.21 Å². The van der Waals surface area contributed by atoms with E-state index < -0.39 is 0 Å². The van der Waals surface area contributed by atoms with E-state index in [9.17, 15) is 9.60 Å². The smallest absolute Gasteiger partial charge is 0.126 e. The maximum Gasteiger partial charge on any atom is 0.126 e. The molecule has 118 valence electrons. The molecule has 1 aliphatic heterocycles. The molecule has 0 aliphatic carbocycles. The summed E-state index contributed by atoms with van der Waals surface area (Å²) in [5.74, 6) is 0.245. The summed E-state index contributed by atoms with van der Waals surface area (Å²) in [6, 6.07) is 5.13. The van der Waals surface area contributed by atoms with E-state index in [4.69, 9.17) is 0 Å². The first-order chi connectivity index (χ1) is 10.5. The lowest BCUT2D eigenvalue weighted by molar-refractivity contribution is 0.147. The number of benzene rings is 1. The van der Waals surface area contributed by atoms with Crippen molar-refractivity contribution < 1.29 is 9.60 Å². The highest BCUT2D eigenvalue weighted by atomic mass is 127. The fourth-order valence-electron chi connectivity index (χ4n) is 3.06. The zero-order valence-electron chi connectivity index (χ0n) is 12.5. The minimum atomic E-state index is -0.189. The van der Waals surface area contributed by atoms with Crippen LogP contribution in [0.1, 0.15) is 41.1 Å². The molecule has 1 fully saturated rings. The summed E-state index contributed by atoms with van der Waals surface area (Å²) in [6.07, 6.45) is 4.49. The van der Waals surface area contributed by atoms with E-state index in [-0.39, 0.29) is 5.82 Å². The van der Waals surface area contributed by atoms with Gasteiger partial charge in [-0.15, -0.1) is 9.94 Å². The summed E-state index contributed by atoms with van der Waals surface area (Å²) >= 11 is 2.35. The van der Waals surface area contributed by atoms with Crippen LogP contribution in [0.2, 0.25) is 0 Å². The van der Waals surface area contributed by atoms with Crippen molar-refractivity contribution in [3.8, 4) is 0 Å². The minimum Gasteiger partial charge on any atom is -0.412 e. The molecule has 3 rings (SSSR count). The zero-order chi connectivity index (χ0) is 15.7. The van der Waals surface area contributed by atoms with Crippen molar-refractivity contribution in [3.63, 3.8) is 0 Å². The Balaban J connectivity index is 1.83. The van der Waals surface area contributed by atoms with Crippen LogP contribution in [0.3, 0.4) is 0 Å². The fourth-order valence-corrected chi connectivity index (χ4v) is 3.61. The van der Waals surface area contributed by atoms with Gasteiger partial charge in [-0.2, -0.15) is 0 Å². The molecule has 1 aliphatic rings. The first-order valence-corrected chi connectivity index (χ1v) is 8.43. The molecule has 0 saturated carbocycles. The van der Waals surface area contributed by atoms with Crippen LogP contribution in [0, 0.1) is 12.7 Å². The van der Waals surface area contributed by atoms with E-state index in [1.54, 1.807) is 19.2 Å². The number of halogens is 2. The van der Waals surface area contributed by atoms with E-state index in [1.165, 1.54) is 6.07 Å². The highest BCUT2D eigenvalue weighted by Gasteiger charge is 2.24. The summed E-state index contributed by atoms with van der Waals surface area (Å²) in [5, 5.41) is 13.9. The largest absolute Gasteiger partial charge is 0.412 e. The van der Waals surface area contributed by atoms with Crippen LogP contribution in [-0.2, 0) is 6.42 Å². The van der Waals surface area contributed by atoms with E-state index in [1.807, 2.05) is 6.07 Å². The fraction of sp³-hybridized carbons (Fsp3) is 0.438. The molecule has 2 aromatic rings. The standard InChI is InChI=1S/C16H19FIN3O/c1-11-8-12(2-3-15(11)17)9-16-14(10-21(22)19-16)13-4-6-20(18)7-5-13/h2-3,8,10,13,22H,4-7,9H2,1H3. The van der Waals surface area contributed by atoms with Gasteiger partial charge in [0.05, 0.1) is 11.9 Å². The predicted octanol–water partition coefficient (Wildman–Crippen LogP) is 3.69. The second kappa shape index (κ2) is 6.54. The van der Waals surface area contributed by atoms with Gasteiger partial charge in [0.15, 0.2) is 0 Å². The van der Waals surface area contributed by atoms with Crippen molar-refractivity contribution >= 4 is 22.9 Å². The van der Waals surface area contributed by atoms with Gasteiger partial charge in [-0.25, -0.2) is 7.50 Å². The van der Waals surface area contributed by atoms with Crippen LogP contribution in [0.4, 0.5) is 4.39 Å². The maximum atomic E-state index is 13.4. The van der Waals surface area contributed by atoms with Crippen LogP contribution in [0.15, 0.2) is 24.4 Å². The summed E-state index contributed by atoms with van der Waals surface area (Å²) in [5.41, 5.74) is 3.67. The van der Waals surface area contributed by atoms with Gasteiger partial charge in [-0.05, 0) is 42.9 Å². The number of hydrogen-bond donors (Lipinski definition) is 1. The summed E-state index contributed by atoms with van der Waals surface area (Å²) < 4.78 is 15.7. The Morgan fingerprint density at radius 3 is 2.77 bits per heavy atom. The third-order valence-corrected chi connectivity index (χ3v) is 5.25. The molecule has 22 heavy (non-hydrogen) atoms. The van der Waals surface area contributed by atoms with E-state index >= 15 is 0 Å². The normalized spacial score (nSPS) is 17.0. The molecule has 1 aromatic heterocycles. The maximum absolute atomic E-state index is 13.4. The molecule has 0 atom stereocenters. The van der Waals surface area contributed by atoms with Crippen molar-refractivity contribution in [2.75, 3.05) is 13.1 Å². The summed E-state index contributed by atoms with van der Waals surface area (Å²) in [4.78, 5) is 0.914. The number of aromatic nitrogens is 2. The molecule has 0 radical (unpaired) electrons. The molecule has 0 bridgehead atoms. The lowest BCUT2D eigenvalue weighted by atomic mass is 9.89. The molecule has 4 nitrogen and oxygen atoms in total. The van der Waals surface area contributed by atoms with Gasteiger partial charge in [0.25, 0.3) is 0 Å². The van der Waals surface area contributed by atoms with Crippen LogP contribution in [0.25, 0.3) is 0 Å². The first-order valence-electron chi connectivity index (χ1n) is 7.46. The third-order valence-electron chi connectivity index (χ3n) is 4.29. The molecule has 0 amide bonds. The van der Waals surface area contributed by atoms with Crippen molar-refractivity contribution in [2.24, 2.45) is 0 Å². The van der Waals surface area contributed by atoms with Crippen molar-refractivity contribution in [2.45, 2.75) is 32.1 Å². The Kier molecular flexibility index (Phi) is 4.67. The molecule has 6 heteroatoms. The average molecular weight is 415 g/mol. The van der Waals surface area contributed by atoms with Crippen LogP contribution >= 0.6 is 22.9 Å². The average Bonchev–Trinajstić information content (AvgIpc) is 2.84. The Bertz CT molecular complexity index is 665. The van der Waals surface area contributed by atoms with Gasteiger partial charge in [0, 0.05) is 47.9 Å². The lowest BCUT2D eigenvalue weighted by Crippen LogP contribution is -2.25. The topological polar surface area (TPSA) is 41.3 Å². The van der Waals surface area contributed by atoms with Crippen LogP contribution in [0.5, 0.6) is 0 Å². The molecular formula is C16H19FIN3O. The SMILES string of the molecule is Cc1cc(Cc2nn(O)cc2C2CCN(I)CC2)ccc1F. The Morgan fingerprint density at radius 1 is 1.36 bits per heavy atom. The molecule has 1 saturated heterocycles. The van der Waals surface area contributed by atoms with E-state index in [2.05, 4.69) is 31.1 Å². The van der Waals surface area contributed by atoms with E-state index in [0.29, 0.717) is 17.9 Å². The highest BCUT2D eigenvalue weighted by molar-refractivity contribution is 14.1. The third kappa shape index (κ3) is 3.43. The van der Waals surface area contributed by atoms with Crippen molar-refractivity contribution in [3.05, 3.63) is 52.6 Å². The Morgan fingerprint density at radius 2 is 2.09 bits per heavy atom. The monoisotopic (exact) mass is 415 g/mol. The molecular weight excluding hydrogens is 396 g/mol. The number of rotatable bonds is 3.